The minimum atomic E-state index is 0.531. The van der Waals surface area contributed by atoms with Crippen molar-refractivity contribution in [1.29, 1.82) is 0 Å². The first-order chi connectivity index (χ1) is 11.6. The maximum Gasteiger partial charge on any atom is 0.224 e. The van der Waals surface area contributed by atoms with Crippen molar-refractivity contribution in [3.8, 4) is 0 Å². The number of aryl methyl sites for hydroxylation is 1. The molecule has 4 nitrogen and oxygen atoms in total. The number of hydrogen-bond acceptors (Lipinski definition) is 4. The molecule has 0 aliphatic carbocycles. The van der Waals surface area contributed by atoms with E-state index < -0.39 is 0 Å². The molecule has 0 aliphatic rings. The van der Waals surface area contributed by atoms with Crippen LogP contribution in [0.15, 0.2) is 54.7 Å². The Morgan fingerprint density at radius 1 is 0.958 bits per heavy atom. The van der Waals surface area contributed by atoms with E-state index in [0.717, 1.165) is 5.56 Å². The van der Waals surface area contributed by atoms with Crippen molar-refractivity contribution >= 4 is 40.7 Å². The summed E-state index contributed by atoms with van der Waals surface area (Å²) in [5.41, 5.74) is 3.03. The number of aromatic nitrogens is 2. The first-order valence-electron chi connectivity index (χ1n) is 7.45. The third kappa shape index (κ3) is 4.16. The number of nitrogens with zero attached hydrogens (tertiary/aromatic N) is 2. The summed E-state index contributed by atoms with van der Waals surface area (Å²) < 4.78 is 0. The highest BCUT2D eigenvalue weighted by Crippen LogP contribution is 2.32. The molecule has 0 radical (unpaired) electrons. The number of halogens is 2. The van der Waals surface area contributed by atoms with E-state index in [-0.39, 0.29) is 0 Å². The lowest BCUT2D eigenvalue weighted by molar-refractivity contribution is 1.05. The number of rotatable bonds is 5. The number of nitrogens with one attached hydrogen (secondary N) is 2. The molecule has 3 rings (SSSR count). The van der Waals surface area contributed by atoms with Gasteiger partial charge in [0.25, 0.3) is 0 Å². The van der Waals surface area contributed by atoms with E-state index in [9.17, 15) is 0 Å². The van der Waals surface area contributed by atoms with Gasteiger partial charge >= 0.3 is 0 Å². The highest BCUT2D eigenvalue weighted by atomic mass is 35.5. The van der Waals surface area contributed by atoms with Gasteiger partial charge in [-0.1, -0.05) is 59.1 Å². The second kappa shape index (κ2) is 7.51. The van der Waals surface area contributed by atoms with Gasteiger partial charge in [-0.25, -0.2) is 4.98 Å². The standard InChI is InChI=1S/C18H16Cl2N4/c1-12-5-7-13(8-6-12)11-22-18-21-10-9-16(24-18)23-17-14(19)3-2-4-15(17)20/h2-10H,11H2,1H3,(H2,21,22,23,24). The summed E-state index contributed by atoms with van der Waals surface area (Å²) >= 11 is 12.3. The summed E-state index contributed by atoms with van der Waals surface area (Å²) in [5.74, 6) is 1.15. The van der Waals surface area contributed by atoms with Gasteiger partial charge in [-0.2, -0.15) is 4.98 Å². The largest absolute Gasteiger partial charge is 0.350 e. The summed E-state index contributed by atoms with van der Waals surface area (Å²) in [4.78, 5) is 8.66. The van der Waals surface area contributed by atoms with E-state index in [1.807, 2.05) is 0 Å². The van der Waals surface area contributed by atoms with Crippen LogP contribution in [0.4, 0.5) is 17.5 Å². The maximum absolute atomic E-state index is 6.17. The van der Waals surface area contributed by atoms with Gasteiger partial charge in [-0.3, -0.25) is 0 Å². The molecule has 0 spiro atoms. The maximum atomic E-state index is 6.17. The zero-order valence-corrected chi connectivity index (χ0v) is 14.6. The van der Waals surface area contributed by atoms with Crippen LogP contribution in [-0.2, 0) is 6.54 Å². The summed E-state index contributed by atoms with van der Waals surface area (Å²) in [6, 6.07) is 15.4. The molecule has 3 aromatic rings. The van der Waals surface area contributed by atoms with Crippen molar-refractivity contribution in [2.45, 2.75) is 13.5 Å². The highest BCUT2D eigenvalue weighted by molar-refractivity contribution is 6.39. The number of hydrogen-bond donors (Lipinski definition) is 2. The van der Waals surface area contributed by atoms with Gasteiger partial charge in [-0.15, -0.1) is 0 Å². The fourth-order valence-electron chi connectivity index (χ4n) is 2.15. The molecule has 0 aliphatic heterocycles. The lowest BCUT2D eigenvalue weighted by Gasteiger charge is -2.11. The van der Waals surface area contributed by atoms with Crippen molar-refractivity contribution in [3.05, 3.63) is 75.9 Å². The smallest absolute Gasteiger partial charge is 0.224 e. The van der Waals surface area contributed by atoms with Crippen LogP contribution in [0.2, 0.25) is 10.0 Å². The van der Waals surface area contributed by atoms with Gasteiger partial charge in [-0.05, 0) is 30.7 Å². The van der Waals surface area contributed by atoms with E-state index in [1.54, 1.807) is 30.5 Å². The summed E-state index contributed by atoms with van der Waals surface area (Å²) in [7, 11) is 0. The van der Waals surface area contributed by atoms with Crippen LogP contribution in [0, 0.1) is 6.92 Å². The van der Waals surface area contributed by atoms with Crippen LogP contribution in [-0.4, -0.2) is 9.97 Å². The highest BCUT2D eigenvalue weighted by Gasteiger charge is 2.07. The minimum absolute atomic E-state index is 0.531. The topological polar surface area (TPSA) is 49.8 Å². The Hall–Kier alpha value is -2.30. The molecule has 0 saturated carbocycles. The SMILES string of the molecule is Cc1ccc(CNc2nccc(Nc3c(Cl)cccc3Cl)n2)cc1. The predicted molar refractivity (Wildman–Crippen MR) is 100 cm³/mol. The Bertz CT molecular complexity index is 814. The van der Waals surface area contributed by atoms with Gasteiger partial charge in [0.2, 0.25) is 5.95 Å². The van der Waals surface area contributed by atoms with Crippen molar-refractivity contribution in [3.63, 3.8) is 0 Å². The molecule has 1 heterocycles. The van der Waals surface area contributed by atoms with Crippen LogP contribution in [0.1, 0.15) is 11.1 Å². The van der Waals surface area contributed by atoms with Crippen LogP contribution < -0.4 is 10.6 Å². The van der Waals surface area contributed by atoms with E-state index in [1.165, 1.54) is 5.56 Å². The first kappa shape index (κ1) is 16.6. The summed E-state index contributed by atoms with van der Waals surface area (Å²) in [6.07, 6.45) is 1.68. The van der Waals surface area contributed by atoms with E-state index in [2.05, 4.69) is 51.8 Å². The normalized spacial score (nSPS) is 10.5. The molecule has 0 atom stereocenters. The Morgan fingerprint density at radius 3 is 2.38 bits per heavy atom. The van der Waals surface area contributed by atoms with Gasteiger partial charge in [0.1, 0.15) is 5.82 Å². The molecule has 6 heteroatoms. The van der Waals surface area contributed by atoms with Crippen molar-refractivity contribution in [1.82, 2.24) is 9.97 Å². The van der Waals surface area contributed by atoms with Gasteiger partial charge < -0.3 is 10.6 Å². The number of benzene rings is 2. The lowest BCUT2D eigenvalue weighted by atomic mass is 10.1. The van der Waals surface area contributed by atoms with Gasteiger partial charge in [0.15, 0.2) is 0 Å². The molecule has 0 saturated heterocycles. The molecular formula is C18H16Cl2N4. The second-order valence-corrected chi connectivity index (χ2v) is 6.14. The van der Waals surface area contributed by atoms with Crippen LogP contribution >= 0.6 is 23.2 Å². The predicted octanol–water partition coefficient (Wildman–Crippen LogP) is 5.45. The monoisotopic (exact) mass is 358 g/mol. The fourth-order valence-corrected chi connectivity index (χ4v) is 2.64. The molecule has 0 fully saturated rings. The van der Waals surface area contributed by atoms with E-state index >= 15 is 0 Å². The Balaban J connectivity index is 1.71. The number of anilines is 3. The van der Waals surface area contributed by atoms with Crippen LogP contribution in [0.5, 0.6) is 0 Å². The molecule has 1 aromatic heterocycles. The molecule has 24 heavy (non-hydrogen) atoms. The third-order valence-electron chi connectivity index (χ3n) is 3.44. The van der Waals surface area contributed by atoms with E-state index in [0.29, 0.717) is 34.0 Å². The zero-order valence-electron chi connectivity index (χ0n) is 13.1. The quantitative estimate of drug-likeness (QED) is 0.636. The molecular weight excluding hydrogens is 343 g/mol. The first-order valence-corrected chi connectivity index (χ1v) is 8.21. The fraction of sp³-hybridized carbons (Fsp3) is 0.111. The summed E-state index contributed by atoms with van der Waals surface area (Å²) in [5, 5.41) is 7.41. The number of para-hydroxylation sites is 1. The second-order valence-electron chi connectivity index (χ2n) is 5.33. The Labute approximate surface area is 150 Å². The van der Waals surface area contributed by atoms with E-state index in [4.69, 9.17) is 23.2 Å². The van der Waals surface area contributed by atoms with Crippen molar-refractivity contribution < 1.29 is 0 Å². The zero-order chi connectivity index (χ0) is 16.9. The minimum Gasteiger partial charge on any atom is -0.350 e. The van der Waals surface area contributed by atoms with Gasteiger partial charge in [0.05, 0.1) is 15.7 Å². The Kier molecular flexibility index (Phi) is 5.18. The van der Waals surface area contributed by atoms with Gasteiger partial charge in [0, 0.05) is 12.7 Å². The molecule has 2 aromatic carbocycles. The Morgan fingerprint density at radius 2 is 1.67 bits per heavy atom. The summed E-state index contributed by atoms with van der Waals surface area (Å²) in [6.45, 7) is 2.71. The van der Waals surface area contributed by atoms with Crippen molar-refractivity contribution in [2.75, 3.05) is 10.6 Å². The lowest BCUT2D eigenvalue weighted by Crippen LogP contribution is -2.05. The average molecular weight is 359 g/mol. The average Bonchev–Trinajstić information content (AvgIpc) is 2.58. The molecule has 2 N–H and O–H groups in total. The molecule has 0 amide bonds. The van der Waals surface area contributed by atoms with Crippen molar-refractivity contribution in [2.24, 2.45) is 0 Å². The molecule has 0 unspecified atom stereocenters. The van der Waals surface area contributed by atoms with Crippen LogP contribution in [0.3, 0.4) is 0 Å². The molecule has 0 bridgehead atoms. The van der Waals surface area contributed by atoms with Crippen LogP contribution in [0.25, 0.3) is 0 Å². The third-order valence-corrected chi connectivity index (χ3v) is 4.07. The molecule has 122 valence electrons.